The molecule has 14 heavy (non-hydrogen) atoms. The number of rotatable bonds is 3. The zero-order valence-corrected chi connectivity index (χ0v) is 10.8. The lowest BCUT2D eigenvalue weighted by Gasteiger charge is -2.24. The fourth-order valence-corrected chi connectivity index (χ4v) is 2.82. The van der Waals surface area contributed by atoms with E-state index in [1.54, 1.807) is 0 Å². The second kappa shape index (κ2) is 4.31. The highest BCUT2D eigenvalue weighted by molar-refractivity contribution is 6.84. The smallest absolute Gasteiger partial charge is 0.0775 e. The van der Waals surface area contributed by atoms with Gasteiger partial charge in [0, 0.05) is 0 Å². The second-order valence-corrected chi connectivity index (χ2v) is 10.3. The molecule has 0 nitrogen and oxygen atoms in total. The predicted molar refractivity (Wildman–Crippen MR) is 68.2 cm³/mol. The van der Waals surface area contributed by atoms with Crippen LogP contribution in [-0.2, 0) is 0 Å². The molecule has 1 aliphatic rings. The Morgan fingerprint density at radius 1 is 1.21 bits per heavy atom. The molecule has 78 valence electrons. The molecule has 0 heterocycles. The molecule has 0 atom stereocenters. The molecule has 0 aliphatic heterocycles. The topological polar surface area (TPSA) is 0 Å². The van der Waals surface area contributed by atoms with Crippen molar-refractivity contribution in [2.45, 2.75) is 45.3 Å². The minimum absolute atomic E-state index is 1.21. The summed E-state index contributed by atoms with van der Waals surface area (Å²) in [6.07, 6.45) is 7.47. The average Bonchev–Trinajstić information content (AvgIpc) is 2.15. The van der Waals surface area contributed by atoms with Gasteiger partial charge in [0.25, 0.3) is 0 Å². The van der Waals surface area contributed by atoms with Gasteiger partial charge in [-0.15, -0.1) is 0 Å². The van der Waals surface area contributed by atoms with Gasteiger partial charge in [0.1, 0.15) is 0 Å². The van der Waals surface area contributed by atoms with E-state index in [-0.39, 0.29) is 0 Å². The average molecular weight is 206 g/mol. The van der Waals surface area contributed by atoms with Gasteiger partial charge in [0.2, 0.25) is 0 Å². The highest BCUT2D eigenvalue weighted by Crippen LogP contribution is 2.30. The number of hydrogen-bond acceptors (Lipinski definition) is 0. The van der Waals surface area contributed by atoms with Crippen LogP contribution in [0.25, 0.3) is 0 Å². The molecule has 0 saturated carbocycles. The molecule has 0 aromatic carbocycles. The molecule has 0 fully saturated rings. The maximum Gasteiger partial charge on any atom is 0.0775 e. The van der Waals surface area contributed by atoms with Gasteiger partial charge in [-0.2, -0.15) is 0 Å². The molecule has 0 N–H and O–H groups in total. The minimum Gasteiger partial charge on any atom is -0.0992 e. The van der Waals surface area contributed by atoms with E-state index < -0.39 is 8.07 Å². The summed E-state index contributed by atoms with van der Waals surface area (Å²) in [7, 11) is -1.24. The summed E-state index contributed by atoms with van der Waals surface area (Å²) >= 11 is 0. The molecule has 0 amide bonds. The lowest BCUT2D eigenvalue weighted by atomic mass is 9.94. The minimum atomic E-state index is -1.24. The molecule has 0 spiro atoms. The van der Waals surface area contributed by atoms with Crippen molar-refractivity contribution in [2.75, 3.05) is 0 Å². The molecule has 1 heteroatoms. The molecule has 1 rings (SSSR count). The zero-order valence-electron chi connectivity index (χ0n) is 9.82. The van der Waals surface area contributed by atoms with Crippen LogP contribution in [0.3, 0.4) is 0 Å². The lowest BCUT2D eigenvalue weighted by Crippen LogP contribution is -2.24. The molecule has 0 aromatic rings. The molecular formula is C13H22Si. The van der Waals surface area contributed by atoms with Gasteiger partial charge in [-0.1, -0.05) is 44.1 Å². The molecule has 0 radical (unpaired) electrons. The highest BCUT2D eigenvalue weighted by Gasteiger charge is 2.21. The SMILES string of the molecule is C=C(C(=C)[Si](C)(C)C)C1=CCCCC1. The quantitative estimate of drug-likeness (QED) is 0.472. The lowest BCUT2D eigenvalue weighted by molar-refractivity contribution is 0.708. The standard InChI is InChI=1S/C13H22Si/c1-11(12(2)14(3,4)5)13-9-7-6-8-10-13/h9H,1-2,6-8,10H2,3-5H3. The summed E-state index contributed by atoms with van der Waals surface area (Å²) in [4.78, 5) is 0. The first-order valence-electron chi connectivity index (χ1n) is 5.51. The largest absolute Gasteiger partial charge is 0.0992 e. The van der Waals surface area contributed by atoms with Crippen LogP contribution in [0.15, 0.2) is 35.6 Å². The van der Waals surface area contributed by atoms with Crippen LogP contribution in [-0.4, -0.2) is 8.07 Å². The van der Waals surface area contributed by atoms with Crippen molar-refractivity contribution in [2.24, 2.45) is 0 Å². The third kappa shape index (κ3) is 2.71. The summed E-state index contributed by atoms with van der Waals surface area (Å²) in [6, 6.07) is 0. The van der Waals surface area contributed by atoms with Crippen molar-refractivity contribution in [1.82, 2.24) is 0 Å². The first-order chi connectivity index (χ1) is 6.43. The normalized spacial score (nSPS) is 17.5. The third-order valence-electron chi connectivity index (χ3n) is 2.95. The maximum atomic E-state index is 4.22. The Morgan fingerprint density at radius 2 is 1.86 bits per heavy atom. The van der Waals surface area contributed by atoms with Crippen LogP contribution in [0.1, 0.15) is 25.7 Å². The van der Waals surface area contributed by atoms with E-state index in [0.29, 0.717) is 0 Å². The van der Waals surface area contributed by atoms with Crippen molar-refractivity contribution in [1.29, 1.82) is 0 Å². The molecular weight excluding hydrogens is 184 g/mol. The summed E-state index contributed by atoms with van der Waals surface area (Å²) in [6.45, 7) is 15.4. The van der Waals surface area contributed by atoms with E-state index >= 15 is 0 Å². The van der Waals surface area contributed by atoms with Crippen LogP contribution in [0.5, 0.6) is 0 Å². The number of hydrogen-bond donors (Lipinski definition) is 0. The van der Waals surface area contributed by atoms with E-state index in [1.165, 1.54) is 42.0 Å². The van der Waals surface area contributed by atoms with Crippen molar-refractivity contribution in [3.05, 3.63) is 35.6 Å². The van der Waals surface area contributed by atoms with Crippen molar-refractivity contribution in [3.8, 4) is 0 Å². The second-order valence-electron chi connectivity index (χ2n) is 5.18. The van der Waals surface area contributed by atoms with E-state index in [1.807, 2.05) is 0 Å². The molecule has 0 unspecified atom stereocenters. The predicted octanol–water partition coefficient (Wildman–Crippen LogP) is 4.48. The van der Waals surface area contributed by atoms with E-state index in [4.69, 9.17) is 0 Å². The molecule has 1 aliphatic carbocycles. The van der Waals surface area contributed by atoms with Crippen LogP contribution in [0.2, 0.25) is 19.6 Å². The van der Waals surface area contributed by atoms with Gasteiger partial charge in [-0.3, -0.25) is 0 Å². The van der Waals surface area contributed by atoms with Gasteiger partial charge >= 0.3 is 0 Å². The fraction of sp³-hybridized carbons (Fsp3) is 0.538. The van der Waals surface area contributed by atoms with Gasteiger partial charge in [0.05, 0.1) is 8.07 Å². The molecule has 0 bridgehead atoms. The first kappa shape index (κ1) is 11.5. The van der Waals surface area contributed by atoms with E-state index in [0.717, 1.165) is 0 Å². The third-order valence-corrected chi connectivity index (χ3v) is 5.06. The zero-order chi connectivity index (χ0) is 10.8. The summed E-state index contributed by atoms with van der Waals surface area (Å²) in [5.41, 5.74) is 2.70. The highest BCUT2D eigenvalue weighted by atomic mass is 28.3. The fourth-order valence-electron chi connectivity index (χ4n) is 1.76. The van der Waals surface area contributed by atoms with E-state index in [9.17, 15) is 0 Å². The van der Waals surface area contributed by atoms with Gasteiger partial charge in [0.15, 0.2) is 0 Å². The summed E-state index contributed by atoms with van der Waals surface area (Å²) < 4.78 is 0. The van der Waals surface area contributed by atoms with Gasteiger partial charge in [-0.25, -0.2) is 0 Å². The Kier molecular flexibility index (Phi) is 3.54. The van der Waals surface area contributed by atoms with Crippen LogP contribution in [0, 0.1) is 0 Å². The summed E-state index contributed by atoms with van der Waals surface area (Å²) in [5, 5.41) is 1.32. The van der Waals surface area contributed by atoms with Gasteiger partial charge in [-0.05, 0) is 36.8 Å². The van der Waals surface area contributed by atoms with Crippen LogP contribution in [0.4, 0.5) is 0 Å². The van der Waals surface area contributed by atoms with Crippen molar-refractivity contribution < 1.29 is 0 Å². The maximum absolute atomic E-state index is 4.22. The van der Waals surface area contributed by atoms with Crippen LogP contribution < -0.4 is 0 Å². The Bertz CT molecular complexity index is 276. The Morgan fingerprint density at radius 3 is 2.29 bits per heavy atom. The van der Waals surface area contributed by atoms with Crippen LogP contribution >= 0.6 is 0 Å². The number of allylic oxidation sites excluding steroid dienone is 4. The van der Waals surface area contributed by atoms with Crippen molar-refractivity contribution in [3.63, 3.8) is 0 Å². The molecule has 0 saturated heterocycles. The van der Waals surface area contributed by atoms with Crippen molar-refractivity contribution >= 4 is 8.07 Å². The Balaban J connectivity index is 2.75. The first-order valence-corrected chi connectivity index (χ1v) is 9.01. The Hall–Kier alpha value is -0.563. The Labute approximate surface area is 89.4 Å². The monoisotopic (exact) mass is 206 g/mol. The van der Waals surface area contributed by atoms with Gasteiger partial charge < -0.3 is 0 Å². The molecule has 0 aromatic heterocycles. The van der Waals surface area contributed by atoms with E-state index in [2.05, 4.69) is 38.9 Å². The summed E-state index contributed by atoms with van der Waals surface area (Å²) in [5.74, 6) is 0.